The minimum absolute atomic E-state index is 0.211. The Morgan fingerprint density at radius 3 is 2.68 bits per heavy atom. The van der Waals surface area contributed by atoms with Crippen molar-refractivity contribution in [1.29, 1.82) is 0 Å². The van der Waals surface area contributed by atoms with Crippen molar-refractivity contribution in [3.63, 3.8) is 0 Å². The van der Waals surface area contributed by atoms with E-state index in [1.807, 2.05) is 0 Å². The maximum Gasteiger partial charge on any atom is 0.246 e. The van der Waals surface area contributed by atoms with Gasteiger partial charge in [0.2, 0.25) is 10.0 Å². The Kier molecular flexibility index (Phi) is 5.54. The van der Waals surface area contributed by atoms with E-state index in [9.17, 15) is 8.42 Å². The summed E-state index contributed by atoms with van der Waals surface area (Å²) in [6, 6.07) is 1.33. The van der Waals surface area contributed by atoms with Crippen LogP contribution in [-0.2, 0) is 21.3 Å². The number of aryl methyl sites for hydroxylation is 1. The van der Waals surface area contributed by atoms with E-state index >= 15 is 0 Å². The Hall–Kier alpha value is -0.890. The topological polar surface area (TPSA) is 71.8 Å². The van der Waals surface area contributed by atoms with Gasteiger partial charge in [-0.3, -0.25) is 0 Å². The summed E-state index contributed by atoms with van der Waals surface area (Å²) in [7, 11) is 1.31. The van der Waals surface area contributed by atoms with E-state index in [0.29, 0.717) is 24.7 Å². The molecule has 6 nitrogen and oxygen atoms in total. The molecule has 0 saturated carbocycles. The van der Waals surface area contributed by atoms with E-state index in [4.69, 9.17) is 9.15 Å². The maximum atomic E-state index is 12.5. The van der Waals surface area contributed by atoms with Crippen molar-refractivity contribution < 1.29 is 17.6 Å². The van der Waals surface area contributed by atoms with Crippen molar-refractivity contribution >= 4 is 10.0 Å². The molecular formula is C12H22N2O4S. The zero-order valence-electron chi connectivity index (χ0n) is 12.1. The highest BCUT2D eigenvalue weighted by Crippen LogP contribution is 2.24. The van der Waals surface area contributed by atoms with Gasteiger partial charge in [0.1, 0.15) is 16.4 Å². The number of hydrogen-bond acceptors (Lipinski definition) is 5. The van der Waals surface area contributed by atoms with Crippen LogP contribution in [0.15, 0.2) is 15.4 Å². The Morgan fingerprint density at radius 2 is 2.16 bits per heavy atom. The number of hydrogen-bond donors (Lipinski definition) is 1. The molecule has 0 bridgehead atoms. The first-order chi connectivity index (χ1) is 8.84. The molecule has 0 amide bonds. The Balaban J connectivity index is 3.05. The van der Waals surface area contributed by atoms with Crippen molar-refractivity contribution in [3.8, 4) is 0 Å². The molecule has 0 aliphatic carbocycles. The molecule has 0 saturated heterocycles. The molecule has 1 aromatic heterocycles. The molecule has 0 fully saturated rings. The van der Waals surface area contributed by atoms with Crippen LogP contribution >= 0.6 is 0 Å². The number of rotatable bonds is 7. The summed E-state index contributed by atoms with van der Waals surface area (Å²) < 4.78 is 36.7. The van der Waals surface area contributed by atoms with Gasteiger partial charge >= 0.3 is 0 Å². The molecular weight excluding hydrogens is 268 g/mol. The molecule has 0 radical (unpaired) electrons. The van der Waals surface area contributed by atoms with Gasteiger partial charge in [-0.25, -0.2) is 8.42 Å². The Morgan fingerprint density at radius 1 is 1.53 bits per heavy atom. The molecule has 0 aliphatic heterocycles. The van der Waals surface area contributed by atoms with Crippen molar-refractivity contribution in [2.75, 3.05) is 27.8 Å². The molecule has 1 atom stereocenters. The first-order valence-corrected chi connectivity index (χ1v) is 7.49. The van der Waals surface area contributed by atoms with Crippen LogP contribution in [0.4, 0.5) is 0 Å². The zero-order chi connectivity index (χ0) is 14.6. The SMILES string of the molecule is CNCc1cc(S(=O)(=O)N(C)C(C)COC)c(C)o1. The fourth-order valence-corrected chi connectivity index (χ4v) is 3.31. The quantitative estimate of drug-likeness (QED) is 0.810. The van der Waals surface area contributed by atoms with Gasteiger partial charge in [0.25, 0.3) is 0 Å². The fourth-order valence-electron chi connectivity index (χ4n) is 1.78. The highest BCUT2D eigenvalue weighted by atomic mass is 32.2. The molecule has 7 heteroatoms. The largest absolute Gasteiger partial charge is 0.464 e. The monoisotopic (exact) mass is 290 g/mol. The van der Waals surface area contributed by atoms with Gasteiger partial charge in [-0.1, -0.05) is 0 Å². The zero-order valence-corrected chi connectivity index (χ0v) is 12.9. The lowest BCUT2D eigenvalue weighted by Crippen LogP contribution is -2.37. The summed E-state index contributed by atoms with van der Waals surface area (Å²) in [6.45, 7) is 4.29. The minimum Gasteiger partial charge on any atom is -0.464 e. The van der Waals surface area contributed by atoms with Gasteiger partial charge in [0.05, 0.1) is 13.2 Å². The van der Waals surface area contributed by atoms with Gasteiger partial charge in [-0.05, 0) is 20.9 Å². The van der Waals surface area contributed by atoms with E-state index in [0.717, 1.165) is 0 Å². The van der Waals surface area contributed by atoms with E-state index in [1.54, 1.807) is 41.1 Å². The predicted molar refractivity (Wildman–Crippen MR) is 72.5 cm³/mol. The molecule has 1 unspecified atom stereocenters. The predicted octanol–water partition coefficient (Wildman–Crippen LogP) is 0.963. The van der Waals surface area contributed by atoms with Crippen molar-refractivity contribution in [2.24, 2.45) is 0 Å². The second kappa shape index (κ2) is 6.51. The number of nitrogens with zero attached hydrogens (tertiary/aromatic N) is 1. The molecule has 0 spiro atoms. The van der Waals surface area contributed by atoms with E-state index < -0.39 is 10.0 Å². The summed E-state index contributed by atoms with van der Waals surface area (Å²) in [5.41, 5.74) is 0. The second-order valence-corrected chi connectivity index (χ2v) is 6.46. The van der Waals surface area contributed by atoms with Gasteiger partial charge in [0.15, 0.2) is 0 Å². The average Bonchev–Trinajstić information content (AvgIpc) is 2.70. The molecule has 110 valence electrons. The van der Waals surface area contributed by atoms with E-state index in [-0.39, 0.29) is 10.9 Å². The average molecular weight is 290 g/mol. The molecule has 1 N–H and O–H groups in total. The van der Waals surface area contributed by atoms with Crippen molar-refractivity contribution in [1.82, 2.24) is 9.62 Å². The van der Waals surface area contributed by atoms with Crippen LogP contribution in [0, 0.1) is 6.92 Å². The van der Waals surface area contributed by atoms with Crippen LogP contribution in [0.2, 0.25) is 0 Å². The van der Waals surface area contributed by atoms with Crippen LogP contribution < -0.4 is 5.32 Å². The second-order valence-electron chi connectivity index (χ2n) is 4.49. The Labute approximate surface area is 114 Å². The summed E-state index contributed by atoms with van der Waals surface area (Å²) in [6.07, 6.45) is 0. The first-order valence-electron chi connectivity index (χ1n) is 6.05. The van der Waals surface area contributed by atoms with Crippen LogP contribution in [0.1, 0.15) is 18.4 Å². The molecule has 0 aromatic carbocycles. The van der Waals surface area contributed by atoms with Crippen LogP contribution in [0.25, 0.3) is 0 Å². The molecule has 19 heavy (non-hydrogen) atoms. The third-order valence-corrected chi connectivity index (χ3v) is 5.04. The summed E-state index contributed by atoms with van der Waals surface area (Å²) >= 11 is 0. The highest BCUT2D eigenvalue weighted by Gasteiger charge is 2.29. The number of sulfonamides is 1. The van der Waals surface area contributed by atoms with Crippen LogP contribution in [0.3, 0.4) is 0 Å². The number of methoxy groups -OCH3 is 1. The summed E-state index contributed by atoms with van der Waals surface area (Å²) in [4.78, 5) is 0.211. The molecule has 1 aromatic rings. The van der Waals surface area contributed by atoms with Gasteiger partial charge in [-0.2, -0.15) is 4.31 Å². The number of ether oxygens (including phenoxy) is 1. The third kappa shape index (κ3) is 3.56. The third-order valence-electron chi connectivity index (χ3n) is 2.96. The van der Waals surface area contributed by atoms with Crippen molar-refractivity contribution in [2.45, 2.75) is 31.3 Å². The summed E-state index contributed by atoms with van der Waals surface area (Å²) in [5, 5.41) is 2.93. The summed E-state index contributed by atoms with van der Waals surface area (Å²) in [5.74, 6) is 1.01. The van der Waals surface area contributed by atoms with Crippen LogP contribution in [-0.4, -0.2) is 46.6 Å². The lowest BCUT2D eigenvalue weighted by Gasteiger charge is -2.23. The number of likely N-dealkylation sites (N-methyl/N-ethyl adjacent to an activating group) is 1. The molecule has 1 rings (SSSR count). The fraction of sp³-hybridized carbons (Fsp3) is 0.667. The Bertz CT molecular complexity index is 510. The molecule has 1 heterocycles. The smallest absolute Gasteiger partial charge is 0.246 e. The van der Waals surface area contributed by atoms with E-state index in [2.05, 4.69) is 5.32 Å². The maximum absolute atomic E-state index is 12.5. The van der Waals surface area contributed by atoms with Crippen molar-refractivity contribution in [3.05, 3.63) is 17.6 Å². The minimum atomic E-state index is -3.56. The number of nitrogens with one attached hydrogen (secondary N) is 1. The van der Waals surface area contributed by atoms with Gasteiger partial charge < -0.3 is 14.5 Å². The number of furan rings is 1. The van der Waals surface area contributed by atoms with Gasteiger partial charge in [0, 0.05) is 26.3 Å². The van der Waals surface area contributed by atoms with E-state index in [1.165, 1.54) is 4.31 Å². The van der Waals surface area contributed by atoms with Gasteiger partial charge in [-0.15, -0.1) is 0 Å². The van der Waals surface area contributed by atoms with Crippen LogP contribution in [0.5, 0.6) is 0 Å². The first kappa shape index (κ1) is 16.2. The lowest BCUT2D eigenvalue weighted by molar-refractivity contribution is 0.149. The standard InChI is InChI=1S/C12H22N2O4S/c1-9(8-17-5)14(4)19(15,16)12-6-11(7-13-3)18-10(12)2/h6,9,13H,7-8H2,1-5H3. The molecule has 0 aliphatic rings. The lowest BCUT2D eigenvalue weighted by atomic mass is 10.4. The normalized spacial score (nSPS) is 14.0. The highest BCUT2D eigenvalue weighted by molar-refractivity contribution is 7.89.